The molecule has 0 aromatic heterocycles. The first-order chi connectivity index (χ1) is 7.88. The van der Waals surface area contributed by atoms with Gasteiger partial charge in [-0.15, -0.1) is 0 Å². The fourth-order valence-corrected chi connectivity index (χ4v) is 1.56. The molecule has 0 aliphatic rings. The van der Waals surface area contributed by atoms with Gasteiger partial charge in [-0.25, -0.2) is 0 Å². The van der Waals surface area contributed by atoms with Crippen molar-refractivity contribution in [3.05, 3.63) is 29.3 Å². The van der Waals surface area contributed by atoms with Crippen molar-refractivity contribution in [2.45, 2.75) is 13.8 Å². The van der Waals surface area contributed by atoms with Crippen LogP contribution in [0.4, 0.5) is 0 Å². The number of ether oxygens (including phenoxy) is 1. The van der Waals surface area contributed by atoms with Gasteiger partial charge >= 0.3 is 103 Å². The Labute approximate surface area is 118 Å². The first-order valence-corrected chi connectivity index (χ1v) is 6.17. The first-order valence-electron chi connectivity index (χ1n) is 5.17. The normalized spacial score (nSPS) is 9.12. The van der Waals surface area contributed by atoms with Crippen LogP contribution in [0.3, 0.4) is 0 Å². The van der Waals surface area contributed by atoms with Crippen molar-refractivity contribution < 1.29 is 24.6 Å². The Balaban J connectivity index is 0.000000557. The zero-order valence-corrected chi connectivity index (χ0v) is 12.2. The summed E-state index contributed by atoms with van der Waals surface area (Å²) < 4.78 is 6.15. The first kappa shape index (κ1) is 16.6. The van der Waals surface area contributed by atoms with Crippen LogP contribution in [-0.4, -0.2) is 62.9 Å². The molecule has 0 amide bonds. The minimum atomic E-state index is -2.17. The van der Waals surface area contributed by atoms with Crippen LogP contribution in [0.1, 0.15) is 22.8 Å². The summed E-state index contributed by atoms with van der Waals surface area (Å²) in [6.45, 7) is 4.30. The smallest absolute Gasteiger partial charge is 0.402 e. The Kier molecular flexibility index (Phi) is 8.50. The van der Waals surface area contributed by atoms with Gasteiger partial charge in [-0.1, -0.05) is 0 Å². The van der Waals surface area contributed by atoms with E-state index in [4.69, 9.17) is 19.8 Å². The summed E-state index contributed by atoms with van der Waals surface area (Å²) >= 11 is 0.967. The van der Waals surface area contributed by atoms with E-state index in [1.54, 1.807) is 0 Å². The van der Waals surface area contributed by atoms with Gasteiger partial charge < -0.3 is 15.1 Å². The maximum Gasteiger partial charge on any atom is 0.631 e. The number of esters is 1. The third kappa shape index (κ3) is 7.54. The Morgan fingerprint density at radius 3 is 2.35 bits per heavy atom. The number of aryl methyl sites for hydroxylation is 1. The molecule has 0 spiro atoms. The Hall–Kier alpha value is -0.365. The predicted octanol–water partition coefficient (Wildman–Crippen LogP) is -1.09. The maximum absolute atomic E-state index is 11.3. The van der Waals surface area contributed by atoms with Gasteiger partial charge in [-0.2, -0.15) is 0 Å². The summed E-state index contributed by atoms with van der Waals surface area (Å²) in [6, 6.07) is 5.70. The van der Waals surface area contributed by atoms with E-state index in [2.05, 4.69) is 6.92 Å². The van der Waals surface area contributed by atoms with Crippen molar-refractivity contribution in [1.82, 2.24) is 0 Å². The zero-order valence-electron chi connectivity index (χ0n) is 10.2. The molecule has 7 heteroatoms. The molecule has 88 valence electrons. The van der Waals surface area contributed by atoms with Gasteiger partial charge in [0.05, 0.1) is 0 Å². The summed E-state index contributed by atoms with van der Waals surface area (Å²) in [6.07, 6.45) is 0. The van der Waals surface area contributed by atoms with Crippen LogP contribution in [0.5, 0.6) is 0 Å². The standard InChI is InChI=1S/C10H11O2.BH3O3.Na/c1-3-12-10(11)9-6-4-8(2)5-7-9;2-1(3)4;/h4,6-7H,3H2,1-2H3;2-4H;. The molecule has 5 nitrogen and oxygen atoms in total. The number of benzene rings is 1. The monoisotopic (exact) mass is 248 g/mol. The van der Waals surface area contributed by atoms with Crippen LogP contribution in [0.15, 0.2) is 18.2 Å². The molecule has 0 bridgehead atoms. The maximum atomic E-state index is 11.3. The fraction of sp³-hybridized carbons (Fsp3) is 0.300. The SMILES string of the molecule is CCOC(=O)c1ccc(C)[c]([Na])c1.OB(O)O. The van der Waals surface area contributed by atoms with E-state index in [0.29, 0.717) is 12.2 Å². The van der Waals surface area contributed by atoms with Gasteiger partial charge in [-0.05, 0) is 0 Å². The average Bonchev–Trinajstić information content (AvgIpc) is 2.21. The van der Waals surface area contributed by atoms with E-state index >= 15 is 0 Å². The van der Waals surface area contributed by atoms with Crippen LogP contribution in [0, 0.1) is 6.92 Å². The summed E-state index contributed by atoms with van der Waals surface area (Å²) in [5.74, 6) is -0.223. The van der Waals surface area contributed by atoms with E-state index in [9.17, 15) is 4.79 Å². The van der Waals surface area contributed by atoms with Gasteiger partial charge in [0.15, 0.2) is 0 Å². The molecule has 0 aliphatic carbocycles. The molecule has 1 rings (SSSR count). The number of carbonyl (C=O) groups excluding carboxylic acids is 1. The van der Waals surface area contributed by atoms with Crippen molar-refractivity contribution in [2.75, 3.05) is 6.61 Å². The molecule has 0 aliphatic heterocycles. The largest absolute Gasteiger partial charge is 0.631 e. The molecule has 0 radical (unpaired) electrons. The third-order valence-corrected chi connectivity index (χ3v) is 3.10. The molecule has 1 aromatic carbocycles. The van der Waals surface area contributed by atoms with Crippen molar-refractivity contribution >= 4 is 44.0 Å². The molecule has 0 fully saturated rings. The number of rotatable bonds is 2. The molecule has 0 atom stereocenters. The Bertz CT molecular complexity index is 367. The number of hydrogen-bond donors (Lipinski definition) is 3. The summed E-state index contributed by atoms with van der Waals surface area (Å²) in [7, 11) is -2.17. The second-order valence-corrected chi connectivity index (χ2v) is 4.44. The fourth-order valence-electron chi connectivity index (χ4n) is 1.08. The number of carbonyl (C=O) groups is 1. The molecular formula is C10H14BNaO5. The van der Waals surface area contributed by atoms with Gasteiger partial charge in [-0.3, -0.25) is 0 Å². The van der Waals surface area contributed by atoms with Crippen molar-refractivity contribution in [1.29, 1.82) is 0 Å². The minimum Gasteiger partial charge on any atom is -0.402 e. The van der Waals surface area contributed by atoms with Crippen LogP contribution >= 0.6 is 0 Å². The van der Waals surface area contributed by atoms with Crippen molar-refractivity contribution in [2.24, 2.45) is 0 Å². The molecular weight excluding hydrogens is 234 g/mol. The average molecular weight is 248 g/mol. The van der Waals surface area contributed by atoms with E-state index in [1.807, 2.05) is 25.1 Å². The van der Waals surface area contributed by atoms with Gasteiger partial charge in [0.2, 0.25) is 0 Å². The topological polar surface area (TPSA) is 87.0 Å². The van der Waals surface area contributed by atoms with Crippen LogP contribution in [0.2, 0.25) is 0 Å². The summed E-state index contributed by atoms with van der Waals surface area (Å²) in [5.41, 5.74) is 1.91. The minimum absolute atomic E-state index is 0.223. The molecule has 0 unspecified atom stereocenters. The van der Waals surface area contributed by atoms with Gasteiger partial charge in [0.25, 0.3) is 0 Å². The second-order valence-electron chi connectivity index (χ2n) is 3.37. The summed E-state index contributed by atoms with van der Waals surface area (Å²) in [5, 5.41) is 21.5. The summed E-state index contributed by atoms with van der Waals surface area (Å²) in [4.78, 5) is 11.3. The van der Waals surface area contributed by atoms with Crippen LogP contribution < -0.4 is 2.81 Å². The Morgan fingerprint density at radius 2 is 1.94 bits per heavy atom. The number of hydrogen-bond acceptors (Lipinski definition) is 5. The molecule has 1 aromatic rings. The second kappa shape index (κ2) is 8.69. The molecule has 17 heavy (non-hydrogen) atoms. The van der Waals surface area contributed by atoms with Crippen molar-refractivity contribution in [3.8, 4) is 0 Å². The van der Waals surface area contributed by atoms with E-state index in [0.717, 1.165) is 27.9 Å². The van der Waals surface area contributed by atoms with E-state index < -0.39 is 7.32 Å². The zero-order chi connectivity index (χ0) is 13.4. The molecule has 3 N–H and O–H groups in total. The molecule has 0 heterocycles. The molecule has 0 saturated carbocycles. The van der Waals surface area contributed by atoms with Gasteiger partial charge in [0.1, 0.15) is 0 Å². The van der Waals surface area contributed by atoms with Crippen molar-refractivity contribution in [3.63, 3.8) is 0 Å². The third-order valence-electron chi connectivity index (χ3n) is 2.02. The quantitative estimate of drug-likeness (QED) is 0.457. The van der Waals surface area contributed by atoms with Gasteiger partial charge in [0, 0.05) is 0 Å². The molecule has 0 saturated heterocycles. The van der Waals surface area contributed by atoms with Crippen LogP contribution in [0.25, 0.3) is 0 Å². The van der Waals surface area contributed by atoms with E-state index in [-0.39, 0.29) is 5.97 Å². The predicted molar refractivity (Wildman–Crippen MR) is 64.9 cm³/mol. The Morgan fingerprint density at radius 1 is 1.41 bits per heavy atom. The van der Waals surface area contributed by atoms with Crippen LogP contribution in [-0.2, 0) is 4.74 Å². The van der Waals surface area contributed by atoms with E-state index in [1.165, 1.54) is 8.38 Å².